The molecule has 1 aliphatic heterocycles. The largest absolute Gasteiger partial charge is 0.394 e. The van der Waals surface area contributed by atoms with Crippen LogP contribution in [0.15, 0.2) is 0 Å². The van der Waals surface area contributed by atoms with Crippen LogP contribution in [0.3, 0.4) is 0 Å². The molecule has 2 rings (SSSR count). The average molecular weight is 268 g/mol. The summed E-state index contributed by atoms with van der Waals surface area (Å²) in [4.78, 5) is 2.27. The molecule has 1 aromatic heterocycles. The molecule has 6 nitrogen and oxygen atoms in total. The SMILES string of the molecule is CNCc1c(C)nn(C)c1N1CC(C)OC(CO)C1. The van der Waals surface area contributed by atoms with Gasteiger partial charge in [-0.15, -0.1) is 0 Å². The monoisotopic (exact) mass is 268 g/mol. The first-order valence-electron chi connectivity index (χ1n) is 6.75. The van der Waals surface area contributed by atoms with E-state index in [0.29, 0.717) is 6.54 Å². The van der Waals surface area contributed by atoms with Crippen molar-refractivity contribution in [3.8, 4) is 0 Å². The van der Waals surface area contributed by atoms with Crippen LogP contribution < -0.4 is 10.2 Å². The zero-order valence-corrected chi connectivity index (χ0v) is 12.2. The van der Waals surface area contributed by atoms with Crippen molar-refractivity contribution in [3.05, 3.63) is 11.3 Å². The van der Waals surface area contributed by atoms with Crippen LogP contribution in [-0.2, 0) is 18.3 Å². The van der Waals surface area contributed by atoms with Gasteiger partial charge in [-0.1, -0.05) is 0 Å². The highest BCUT2D eigenvalue weighted by Crippen LogP contribution is 2.26. The Bertz CT molecular complexity index is 433. The van der Waals surface area contributed by atoms with Gasteiger partial charge in [-0.2, -0.15) is 5.10 Å². The van der Waals surface area contributed by atoms with Crippen molar-refractivity contribution in [1.29, 1.82) is 0 Å². The van der Waals surface area contributed by atoms with Crippen LogP contribution in [0, 0.1) is 6.92 Å². The van der Waals surface area contributed by atoms with E-state index in [4.69, 9.17) is 4.74 Å². The fourth-order valence-electron chi connectivity index (χ4n) is 2.79. The summed E-state index contributed by atoms with van der Waals surface area (Å²) in [7, 11) is 3.91. The van der Waals surface area contributed by atoms with E-state index < -0.39 is 0 Å². The maximum atomic E-state index is 9.33. The number of ether oxygens (including phenoxy) is 1. The molecule has 0 spiro atoms. The summed E-state index contributed by atoms with van der Waals surface area (Å²) in [5, 5.41) is 17.0. The fourth-order valence-corrected chi connectivity index (χ4v) is 2.79. The molecule has 0 saturated carbocycles. The molecule has 2 unspecified atom stereocenters. The van der Waals surface area contributed by atoms with Gasteiger partial charge < -0.3 is 20.1 Å². The highest BCUT2D eigenvalue weighted by Gasteiger charge is 2.28. The van der Waals surface area contributed by atoms with Crippen LogP contribution in [0.1, 0.15) is 18.2 Å². The van der Waals surface area contributed by atoms with E-state index in [0.717, 1.165) is 24.6 Å². The lowest BCUT2D eigenvalue weighted by Gasteiger charge is -2.37. The van der Waals surface area contributed by atoms with Crippen LogP contribution in [0.25, 0.3) is 0 Å². The summed E-state index contributed by atoms with van der Waals surface area (Å²) in [6, 6.07) is 0. The summed E-state index contributed by atoms with van der Waals surface area (Å²) < 4.78 is 7.62. The third-order valence-electron chi connectivity index (χ3n) is 3.50. The average Bonchev–Trinajstić information content (AvgIpc) is 2.64. The van der Waals surface area contributed by atoms with Gasteiger partial charge in [-0.05, 0) is 20.9 Å². The van der Waals surface area contributed by atoms with E-state index in [2.05, 4.69) is 15.3 Å². The van der Waals surface area contributed by atoms with Crippen molar-refractivity contribution in [2.24, 2.45) is 7.05 Å². The number of hydrogen-bond donors (Lipinski definition) is 2. The molecule has 2 heterocycles. The summed E-state index contributed by atoms with van der Waals surface area (Å²) in [6.07, 6.45) is -0.00932. The molecule has 0 aromatic carbocycles. The summed E-state index contributed by atoms with van der Waals surface area (Å²) in [5.41, 5.74) is 2.27. The van der Waals surface area contributed by atoms with Gasteiger partial charge in [0.15, 0.2) is 0 Å². The molecule has 1 saturated heterocycles. The van der Waals surface area contributed by atoms with E-state index >= 15 is 0 Å². The van der Waals surface area contributed by atoms with Gasteiger partial charge in [-0.25, -0.2) is 0 Å². The molecule has 0 amide bonds. The Labute approximate surface area is 114 Å². The molecule has 1 fully saturated rings. The normalized spacial score (nSPS) is 23.9. The second kappa shape index (κ2) is 5.90. The lowest BCUT2D eigenvalue weighted by atomic mass is 10.1. The molecule has 6 heteroatoms. The molecular formula is C13H24N4O2. The highest BCUT2D eigenvalue weighted by atomic mass is 16.5. The van der Waals surface area contributed by atoms with E-state index in [1.807, 2.05) is 32.6 Å². The molecule has 1 aromatic rings. The fraction of sp³-hybridized carbons (Fsp3) is 0.769. The molecule has 108 valence electrons. The first-order chi connectivity index (χ1) is 9.06. The first kappa shape index (κ1) is 14.3. The van der Waals surface area contributed by atoms with E-state index in [1.165, 1.54) is 5.56 Å². The second-order valence-electron chi connectivity index (χ2n) is 5.20. The maximum Gasteiger partial charge on any atom is 0.131 e. The standard InChI is InChI=1S/C13H24N4O2/c1-9-6-17(7-11(8-18)19-9)13-12(5-14-3)10(2)15-16(13)4/h9,11,14,18H,5-8H2,1-4H3. The quantitative estimate of drug-likeness (QED) is 0.807. The Balaban J connectivity index is 2.29. The first-order valence-corrected chi connectivity index (χ1v) is 6.75. The minimum Gasteiger partial charge on any atom is -0.394 e. The third-order valence-corrected chi connectivity index (χ3v) is 3.50. The van der Waals surface area contributed by atoms with Gasteiger partial charge in [0.05, 0.1) is 24.5 Å². The smallest absolute Gasteiger partial charge is 0.131 e. The van der Waals surface area contributed by atoms with Gasteiger partial charge in [-0.3, -0.25) is 4.68 Å². The van der Waals surface area contributed by atoms with Crippen LogP contribution in [0.5, 0.6) is 0 Å². The van der Waals surface area contributed by atoms with Crippen molar-refractivity contribution in [2.45, 2.75) is 32.6 Å². The molecule has 0 aliphatic carbocycles. The van der Waals surface area contributed by atoms with Crippen LogP contribution in [-0.4, -0.2) is 53.8 Å². The topological polar surface area (TPSA) is 62.6 Å². The number of morpholine rings is 1. The van der Waals surface area contributed by atoms with Crippen molar-refractivity contribution in [3.63, 3.8) is 0 Å². The van der Waals surface area contributed by atoms with Crippen LogP contribution >= 0.6 is 0 Å². The number of aryl methyl sites for hydroxylation is 2. The highest BCUT2D eigenvalue weighted by molar-refractivity contribution is 5.50. The molecule has 2 N–H and O–H groups in total. The van der Waals surface area contributed by atoms with Crippen molar-refractivity contribution in [2.75, 3.05) is 31.6 Å². The minimum atomic E-state index is -0.124. The number of aromatic nitrogens is 2. The molecular weight excluding hydrogens is 244 g/mol. The molecule has 0 radical (unpaired) electrons. The lowest BCUT2D eigenvalue weighted by molar-refractivity contribution is -0.0424. The summed E-state index contributed by atoms with van der Waals surface area (Å²) in [6.45, 7) is 6.45. The van der Waals surface area contributed by atoms with Crippen molar-refractivity contribution >= 4 is 5.82 Å². The number of nitrogens with one attached hydrogen (secondary N) is 1. The Hall–Kier alpha value is -1.11. The van der Waals surface area contributed by atoms with Gasteiger partial charge in [0.2, 0.25) is 0 Å². The summed E-state index contributed by atoms with van der Waals surface area (Å²) in [5.74, 6) is 1.13. The Morgan fingerprint density at radius 3 is 2.84 bits per heavy atom. The zero-order valence-electron chi connectivity index (χ0n) is 12.2. The Kier molecular flexibility index (Phi) is 4.44. The Morgan fingerprint density at radius 1 is 1.47 bits per heavy atom. The number of aliphatic hydroxyl groups is 1. The van der Waals surface area contributed by atoms with E-state index in [-0.39, 0.29) is 18.8 Å². The molecule has 0 bridgehead atoms. The van der Waals surface area contributed by atoms with Gasteiger partial charge in [0.1, 0.15) is 5.82 Å². The van der Waals surface area contributed by atoms with Crippen LogP contribution in [0.4, 0.5) is 5.82 Å². The van der Waals surface area contributed by atoms with Crippen LogP contribution in [0.2, 0.25) is 0 Å². The number of rotatable bonds is 4. The molecule has 2 atom stereocenters. The number of aliphatic hydroxyl groups excluding tert-OH is 1. The van der Waals surface area contributed by atoms with Gasteiger partial charge in [0, 0.05) is 32.2 Å². The number of anilines is 1. The molecule has 19 heavy (non-hydrogen) atoms. The Morgan fingerprint density at radius 2 is 2.21 bits per heavy atom. The number of hydrogen-bond acceptors (Lipinski definition) is 5. The lowest BCUT2D eigenvalue weighted by Crippen LogP contribution is -2.49. The van der Waals surface area contributed by atoms with Gasteiger partial charge in [0.25, 0.3) is 0 Å². The maximum absolute atomic E-state index is 9.33. The predicted octanol–water partition coefficient (Wildman–Crippen LogP) is 0.0339. The zero-order chi connectivity index (χ0) is 14.0. The van der Waals surface area contributed by atoms with E-state index in [1.54, 1.807) is 0 Å². The molecule has 1 aliphatic rings. The minimum absolute atomic E-state index is 0.0546. The third kappa shape index (κ3) is 2.91. The number of nitrogens with zero attached hydrogens (tertiary/aromatic N) is 3. The van der Waals surface area contributed by atoms with E-state index in [9.17, 15) is 5.11 Å². The van der Waals surface area contributed by atoms with Crippen molar-refractivity contribution < 1.29 is 9.84 Å². The second-order valence-corrected chi connectivity index (χ2v) is 5.20. The predicted molar refractivity (Wildman–Crippen MR) is 74.3 cm³/mol. The van der Waals surface area contributed by atoms with Crippen molar-refractivity contribution in [1.82, 2.24) is 15.1 Å². The van der Waals surface area contributed by atoms with Gasteiger partial charge >= 0.3 is 0 Å². The summed E-state index contributed by atoms with van der Waals surface area (Å²) >= 11 is 0.